The molecule has 2 aliphatic rings. The molecule has 14 rings (SSSR count). The Balaban J connectivity index is 1.01. The van der Waals surface area contributed by atoms with Crippen molar-refractivity contribution in [1.29, 1.82) is 0 Å². The molecule has 12 aromatic rings. The van der Waals surface area contributed by atoms with Crippen molar-refractivity contribution in [2.24, 2.45) is 0 Å². The number of aromatic nitrogens is 1. The fraction of sp³-hybridized carbons (Fsp3) is 0.0164. The number of furan rings is 1. The predicted molar refractivity (Wildman–Crippen MR) is 264 cm³/mol. The van der Waals surface area contributed by atoms with E-state index in [-0.39, 0.29) is 0 Å². The van der Waals surface area contributed by atoms with Gasteiger partial charge in [0, 0.05) is 44.2 Å². The summed E-state index contributed by atoms with van der Waals surface area (Å²) in [5, 5.41) is 4.70. The highest BCUT2D eigenvalue weighted by Gasteiger charge is 2.52. The van der Waals surface area contributed by atoms with E-state index >= 15 is 0 Å². The number of nitrogens with zero attached hydrogens (tertiary/aromatic N) is 2. The Kier molecular flexibility index (Phi) is 7.32. The van der Waals surface area contributed by atoms with Crippen molar-refractivity contribution >= 4 is 60.8 Å². The molecule has 0 radical (unpaired) electrons. The van der Waals surface area contributed by atoms with Crippen molar-refractivity contribution in [3.05, 3.63) is 253 Å². The van der Waals surface area contributed by atoms with E-state index in [4.69, 9.17) is 4.42 Å². The number of benzene rings is 10. The Labute approximate surface area is 370 Å². The molecule has 298 valence electrons. The molecule has 0 aliphatic heterocycles. The highest BCUT2D eigenvalue weighted by molar-refractivity contribution is 6.16. The largest absolute Gasteiger partial charge is 0.456 e. The Morgan fingerprint density at radius 1 is 0.375 bits per heavy atom. The SMILES string of the molecule is c1ccc(-n2c3ccccc3c3c(-c4ccc(N(c5ccc6oc7ccccc7c6c5)c5cccc6c5-c5ccccc5C65c6ccccc6-c6ccccc65)cc4)cccc32)cc1. The Morgan fingerprint density at radius 2 is 0.938 bits per heavy atom. The lowest BCUT2D eigenvalue weighted by Gasteiger charge is -2.32. The third-order valence-electron chi connectivity index (χ3n) is 14.0. The first-order valence-corrected chi connectivity index (χ1v) is 22.1. The Hall–Kier alpha value is -8.40. The summed E-state index contributed by atoms with van der Waals surface area (Å²) in [4.78, 5) is 2.47. The van der Waals surface area contributed by atoms with E-state index in [1.54, 1.807) is 0 Å². The Bertz CT molecular complexity index is 3810. The van der Waals surface area contributed by atoms with E-state index in [9.17, 15) is 0 Å². The maximum atomic E-state index is 6.39. The standard InChI is InChI=1S/C61H38N2O/c1-2-16-40(17-3-1)63-54-28-12-7-22-48(54)59-43(23-14-29-55(59)63)39-32-34-41(35-33-39)62(42-36-37-58-49(38-42)46-20-8-13-31-57(46)64-58)56-30-15-27-53-60(56)47-21-6-11-26-52(47)61(53)50-24-9-4-18-44(50)45-19-5-10-25-51(45)61/h1-38H. The zero-order valence-electron chi connectivity index (χ0n) is 34.7. The minimum Gasteiger partial charge on any atom is -0.456 e. The van der Waals surface area contributed by atoms with Gasteiger partial charge in [-0.05, 0) is 117 Å². The first-order valence-electron chi connectivity index (χ1n) is 22.1. The molecule has 1 spiro atoms. The second-order valence-electron chi connectivity index (χ2n) is 17.1. The average molecular weight is 815 g/mol. The molecule has 0 amide bonds. The maximum Gasteiger partial charge on any atom is 0.135 e. The van der Waals surface area contributed by atoms with Crippen molar-refractivity contribution in [2.75, 3.05) is 4.90 Å². The van der Waals surface area contributed by atoms with Gasteiger partial charge in [-0.15, -0.1) is 0 Å². The van der Waals surface area contributed by atoms with Gasteiger partial charge in [-0.2, -0.15) is 0 Å². The van der Waals surface area contributed by atoms with Crippen LogP contribution in [0.25, 0.3) is 82.8 Å². The highest BCUT2D eigenvalue weighted by atomic mass is 16.3. The fourth-order valence-corrected chi connectivity index (χ4v) is 11.5. The summed E-state index contributed by atoms with van der Waals surface area (Å²) in [6.07, 6.45) is 0. The summed E-state index contributed by atoms with van der Waals surface area (Å²) in [6.45, 7) is 0. The lowest BCUT2D eigenvalue weighted by atomic mass is 9.70. The van der Waals surface area contributed by atoms with Gasteiger partial charge < -0.3 is 13.9 Å². The van der Waals surface area contributed by atoms with E-state index in [2.05, 4.69) is 234 Å². The summed E-state index contributed by atoms with van der Waals surface area (Å²) in [5.41, 5.74) is 21.0. The summed E-state index contributed by atoms with van der Waals surface area (Å²) in [7, 11) is 0. The number of anilines is 3. The third kappa shape index (κ3) is 4.70. The van der Waals surface area contributed by atoms with Crippen LogP contribution in [0.15, 0.2) is 235 Å². The molecule has 0 unspecified atom stereocenters. The molecule has 2 heterocycles. The quantitative estimate of drug-likeness (QED) is 0.173. The van der Waals surface area contributed by atoms with Crippen LogP contribution in [0.2, 0.25) is 0 Å². The van der Waals surface area contributed by atoms with Crippen LogP contribution >= 0.6 is 0 Å². The fourth-order valence-electron chi connectivity index (χ4n) is 11.5. The van der Waals surface area contributed by atoms with Gasteiger partial charge in [0.25, 0.3) is 0 Å². The lowest BCUT2D eigenvalue weighted by Crippen LogP contribution is -2.26. The second kappa shape index (κ2) is 13.3. The van der Waals surface area contributed by atoms with Crippen LogP contribution in [0.4, 0.5) is 17.1 Å². The average Bonchev–Trinajstić information content (AvgIpc) is 4.09. The van der Waals surface area contributed by atoms with Gasteiger partial charge in [0.1, 0.15) is 11.2 Å². The maximum absolute atomic E-state index is 6.39. The molecule has 0 fully saturated rings. The second-order valence-corrected chi connectivity index (χ2v) is 17.1. The minimum atomic E-state index is -0.451. The van der Waals surface area contributed by atoms with Crippen LogP contribution in [0, 0.1) is 0 Å². The van der Waals surface area contributed by atoms with Gasteiger partial charge in [0.05, 0.1) is 22.1 Å². The van der Waals surface area contributed by atoms with Gasteiger partial charge in [0.2, 0.25) is 0 Å². The normalized spacial score (nSPS) is 13.1. The van der Waals surface area contributed by atoms with Gasteiger partial charge in [-0.25, -0.2) is 0 Å². The van der Waals surface area contributed by atoms with Crippen molar-refractivity contribution < 1.29 is 4.42 Å². The lowest BCUT2D eigenvalue weighted by molar-refractivity contribution is 0.669. The van der Waals surface area contributed by atoms with E-state index < -0.39 is 5.41 Å². The molecular weight excluding hydrogens is 777 g/mol. The first kappa shape index (κ1) is 35.2. The Morgan fingerprint density at radius 3 is 1.72 bits per heavy atom. The zero-order valence-corrected chi connectivity index (χ0v) is 34.7. The number of hydrogen-bond acceptors (Lipinski definition) is 2. The highest BCUT2D eigenvalue weighted by Crippen LogP contribution is 2.64. The third-order valence-corrected chi connectivity index (χ3v) is 14.0. The summed E-state index contributed by atoms with van der Waals surface area (Å²) < 4.78 is 8.78. The van der Waals surface area contributed by atoms with Crippen LogP contribution in [-0.4, -0.2) is 4.57 Å². The van der Waals surface area contributed by atoms with Crippen molar-refractivity contribution in [1.82, 2.24) is 4.57 Å². The minimum absolute atomic E-state index is 0.451. The molecule has 0 bridgehead atoms. The summed E-state index contributed by atoms with van der Waals surface area (Å²) in [6, 6.07) is 84.5. The number of fused-ring (bicyclic) bond motifs is 16. The van der Waals surface area contributed by atoms with Crippen molar-refractivity contribution in [2.45, 2.75) is 5.41 Å². The topological polar surface area (TPSA) is 21.3 Å². The molecule has 3 nitrogen and oxygen atoms in total. The summed E-state index contributed by atoms with van der Waals surface area (Å²) >= 11 is 0. The van der Waals surface area contributed by atoms with Crippen molar-refractivity contribution in [3.8, 4) is 39.1 Å². The molecule has 0 saturated carbocycles. The molecule has 10 aromatic carbocycles. The van der Waals surface area contributed by atoms with E-state index in [0.29, 0.717) is 0 Å². The smallest absolute Gasteiger partial charge is 0.135 e. The van der Waals surface area contributed by atoms with Crippen LogP contribution in [0.5, 0.6) is 0 Å². The molecule has 0 saturated heterocycles. The van der Waals surface area contributed by atoms with Crippen LogP contribution in [0.1, 0.15) is 22.3 Å². The van der Waals surface area contributed by atoms with Crippen LogP contribution in [-0.2, 0) is 5.41 Å². The van der Waals surface area contributed by atoms with Crippen LogP contribution < -0.4 is 4.90 Å². The van der Waals surface area contributed by atoms with Gasteiger partial charge in [0.15, 0.2) is 0 Å². The van der Waals surface area contributed by atoms with Crippen LogP contribution in [0.3, 0.4) is 0 Å². The van der Waals surface area contributed by atoms with Crippen molar-refractivity contribution in [3.63, 3.8) is 0 Å². The predicted octanol–water partition coefficient (Wildman–Crippen LogP) is 16.2. The molecular formula is C61H38N2O. The van der Waals surface area contributed by atoms with E-state index in [1.165, 1.54) is 77.4 Å². The van der Waals surface area contributed by atoms with Gasteiger partial charge in [-0.3, -0.25) is 0 Å². The molecule has 64 heavy (non-hydrogen) atoms. The molecule has 2 aliphatic carbocycles. The van der Waals surface area contributed by atoms with Gasteiger partial charge >= 0.3 is 0 Å². The monoisotopic (exact) mass is 814 g/mol. The molecule has 3 heteroatoms. The van der Waals surface area contributed by atoms with Gasteiger partial charge in [-0.1, -0.05) is 164 Å². The molecule has 0 atom stereocenters. The molecule has 2 aromatic heterocycles. The zero-order chi connectivity index (χ0) is 41.9. The van der Waals surface area contributed by atoms with E-state index in [1.807, 2.05) is 6.07 Å². The first-order chi connectivity index (χ1) is 31.8. The number of rotatable bonds is 5. The van der Waals surface area contributed by atoms with E-state index in [0.717, 1.165) is 44.7 Å². The number of hydrogen-bond donors (Lipinski definition) is 0. The number of para-hydroxylation sites is 3. The summed E-state index contributed by atoms with van der Waals surface area (Å²) in [5.74, 6) is 0. The molecule has 0 N–H and O–H groups in total.